The van der Waals surface area contributed by atoms with Gasteiger partial charge >= 0.3 is 0 Å². The van der Waals surface area contributed by atoms with E-state index in [0.717, 1.165) is 6.54 Å². The van der Waals surface area contributed by atoms with Crippen LogP contribution in [0.5, 0.6) is 0 Å². The van der Waals surface area contributed by atoms with Crippen molar-refractivity contribution in [3.8, 4) is 0 Å². The minimum Gasteiger partial charge on any atom is -0.314 e. The van der Waals surface area contributed by atoms with E-state index < -0.39 is 0 Å². The zero-order valence-electron chi connectivity index (χ0n) is 16.3. The maximum atomic E-state index is 4.08. The molecule has 137 valence electrons. The van der Waals surface area contributed by atoms with Crippen molar-refractivity contribution in [2.24, 2.45) is 0 Å². The molecule has 1 aliphatic rings. The first-order chi connectivity index (χ1) is 11.3. The second-order valence-corrected chi connectivity index (χ2v) is 8.04. The largest absolute Gasteiger partial charge is 0.314 e. The zero-order chi connectivity index (χ0) is 16.6. The molecule has 0 amide bonds. The molecule has 1 rings (SSSR count). The van der Waals surface area contributed by atoms with Gasteiger partial charge in [0, 0.05) is 6.92 Å². The number of nitrogens with zero attached hydrogens (tertiary/aromatic N) is 1. The van der Waals surface area contributed by atoms with Gasteiger partial charge in [-0.3, -0.25) is 0 Å². The molecule has 0 saturated carbocycles. The van der Waals surface area contributed by atoms with Gasteiger partial charge in [0.15, 0.2) is 0 Å². The molecular formula is C22H45N+. The van der Waals surface area contributed by atoms with Gasteiger partial charge < -0.3 is 4.48 Å². The molecule has 1 heteroatoms. The molecule has 0 bridgehead atoms. The fourth-order valence-corrected chi connectivity index (χ4v) is 3.70. The Hall–Kier alpha value is -0.0400. The van der Waals surface area contributed by atoms with Crippen molar-refractivity contribution in [3.05, 3.63) is 6.92 Å². The predicted molar refractivity (Wildman–Crippen MR) is 105 cm³/mol. The third-order valence-corrected chi connectivity index (χ3v) is 5.82. The summed E-state index contributed by atoms with van der Waals surface area (Å²) in [6.07, 6.45) is 23.4. The Bertz CT molecular complexity index is 244. The molecule has 0 aliphatic carbocycles. The van der Waals surface area contributed by atoms with E-state index >= 15 is 0 Å². The molecule has 0 aromatic carbocycles. The molecule has 0 atom stereocenters. The van der Waals surface area contributed by atoms with Crippen molar-refractivity contribution in [1.82, 2.24) is 0 Å². The molecular weight excluding hydrogens is 278 g/mol. The molecule has 23 heavy (non-hydrogen) atoms. The van der Waals surface area contributed by atoms with E-state index in [2.05, 4.69) is 13.8 Å². The first-order valence-corrected chi connectivity index (χ1v) is 11.0. The molecule has 1 nitrogen and oxygen atoms in total. The lowest BCUT2D eigenvalue weighted by atomic mass is 10.0. The smallest absolute Gasteiger partial charge is 0.129 e. The van der Waals surface area contributed by atoms with Gasteiger partial charge in [-0.1, -0.05) is 96.8 Å². The van der Waals surface area contributed by atoms with Gasteiger partial charge in [0.2, 0.25) is 0 Å². The minimum atomic E-state index is 1.12. The Kier molecular flexibility index (Phi) is 13.1. The van der Waals surface area contributed by atoms with E-state index in [4.69, 9.17) is 0 Å². The van der Waals surface area contributed by atoms with Gasteiger partial charge in [0.05, 0.1) is 13.1 Å². The molecule has 0 aromatic rings. The van der Waals surface area contributed by atoms with E-state index in [0.29, 0.717) is 0 Å². The molecule has 0 aromatic heterocycles. The summed E-state index contributed by atoms with van der Waals surface area (Å²) in [6, 6.07) is 0. The van der Waals surface area contributed by atoms with Crippen LogP contribution in [0.25, 0.3) is 0 Å². The molecule has 1 heterocycles. The Morgan fingerprint density at radius 1 is 0.565 bits per heavy atom. The van der Waals surface area contributed by atoms with Crippen LogP contribution in [0.4, 0.5) is 0 Å². The normalized spacial score (nSPS) is 15.9. The molecule has 0 spiro atoms. The van der Waals surface area contributed by atoms with Crippen molar-refractivity contribution >= 4 is 0 Å². The molecule has 1 radical (unpaired) electrons. The van der Waals surface area contributed by atoms with Crippen molar-refractivity contribution in [2.45, 2.75) is 110 Å². The van der Waals surface area contributed by atoms with Gasteiger partial charge in [-0.2, -0.15) is 0 Å². The van der Waals surface area contributed by atoms with E-state index in [1.54, 1.807) is 0 Å². The summed E-state index contributed by atoms with van der Waals surface area (Å²) in [5.41, 5.74) is 0. The summed E-state index contributed by atoms with van der Waals surface area (Å²) in [5.74, 6) is 0. The lowest BCUT2D eigenvalue weighted by molar-refractivity contribution is -0.793. The van der Waals surface area contributed by atoms with Gasteiger partial charge in [-0.25, -0.2) is 0 Å². The summed E-state index contributed by atoms with van der Waals surface area (Å²) in [7, 11) is 0. The van der Waals surface area contributed by atoms with Crippen LogP contribution < -0.4 is 0 Å². The van der Waals surface area contributed by atoms with Crippen LogP contribution in [0, 0.1) is 6.92 Å². The molecule has 0 unspecified atom stereocenters. The SMILES string of the molecule is [CH2]C[N+]1(CCCCCCCCCCCCCCCCCC)CC1. The quantitative estimate of drug-likeness (QED) is 0.146. The number of quaternary nitrogens is 1. The third-order valence-electron chi connectivity index (χ3n) is 5.82. The van der Waals surface area contributed by atoms with Crippen molar-refractivity contribution < 1.29 is 4.48 Å². The Labute approximate surface area is 147 Å². The molecule has 0 N–H and O–H groups in total. The topological polar surface area (TPSA) is 0 Å². The fraction of sp³-hybridized carbons (Fsp3) is 0.955. The van der Waals surface area contributed by atoms with E-state index in [1.165, 1.54) is 127 Å². The molecule has 1 saturated heterocycles. The lowest BCUT2D eigenvalue weighted by Gasteiger charge is -2.15. The van der Waals surface area contributed by atoms with Crippen LogP contribution in [0.15, 0.2) is 0 Å². The van der Waals surface area contributed by atoms with Crippen molar-refractivity contribution in [2.75, 3.05) is 26.2 Å². The highest BCUT2D eigenvalue weighted by atomic mass is 15.5. The minimum absolute atomic E-state index is 1.12. The second kappa shape index (κ2) is 14.3. The van der Waals surface area contributed by atoms with Gasteiger partial charge in [-0.15, -0.1) is 0 Å². The van der Waals surface area contributed by atoms with Crippen LogP contribution in [0.3, 0.4) is 0 Å². The van der Waals surface area contributed by atoms with Crippen LogP contribution in [-0.2, 0) is 0 Å². The molecule has 1 fully saturated rings. The van der Waals surface area contributed by atoms with Crippen molar-refractivity contribution in [3.63, 3.8) is 0 Å². The standard InChI is InChI=1S/C22H45N/c1-3-5-6-7-8-9-10-11-12-13-14-15-16-17-18-19-20-23(4-2)21-22-23/h2-22H2,1H3/q+1. The summed E-state index contributed by atoms with van der Waals surface area (Å²) in [5, 5.41) is 0. The number of unbranched alkanes of at least 4 members (excludes halogenated alkanes) is 15. The van der Waals surface area contributed by atoms with Crippen LogP contribution in [-0.4, -0.2) is 30.7 Å². The first kappa shape index (κ1) is 21.0. The average Bonchev–Trinajstić information content (AvgIpc) is 3.35. The number of hydrogen-bond donors (Lipinski definition) is 0. The summed E-state index contributed by atoms with van der Waals surface area (Å²) in [6.45, 7) is 11.7. The van der Waals surface area contributed by atoms with Crippen LogP contribution in [0.1, 0.15) is 110 Å². The van der Waals surface area contributed by atoms with E-state index in [9.17, 15) is 0 Å². The maximum Gasteiger partial charge on any atom is 0.129 e. The van der Waals surface area contributed by atoms with Gasteiger partial charge in [0.25, 0.3) is 0 Å². The van der Waals surface area contributed by atoms with Crippen LogP contribution in [0.2, 0.25) is 0 Å². The fourth-order valence-electron chi connectivity index (χ4n) is 3.70. The predicted octanol–water partition coefficient (Wildman–Crippen LogP) is 6.91. The van der Waals surface area contributed by atoms with Gasteiger partial charge in [0.1, 0.15) is 13.1 Å². The summed E-state index contributed by atoms with van der Waals surface area (Å²) in [4.78, 5) is 0. The maximum absolute atomic E-state index is 4.08. The third kappa shape index (κ3) is 12.0. The van der Waals surface area contributed by atoms with E-state index in [1.807, 2.05) is 0 Å². The van der Waals surface area contributed by atoms with Gasteiger partial charge in [-0.05, 0) is 12.8 Å². The highest BCUT2D eigenvalue weighted by Gasteiger charge is 2.38. The monoisotopic (exact) mass is 323 g/mol. The van der Waals surface area contributed by atoms with Crippen molar-refractivity contribution in [1.29, 1.82) is 0 Å². The zero-order valence-corrected chi connectivity index (χ0v) is 16.3. The number of hydrogen-bond acceptors (Lipinski definition) is 0. The van der Waals surface area contributed by atoms with Crippen LogP contribution >= 0.6 is 0 Å². The Balaban J connectivity index is 1.66. The number of rotatable bonds is 18. The lowest BCUT2D eigenvalue weighted by Crippen LogP contribution is -2.26. The average molecular weight is 324 g/mol. The Morgan fingerprint density at radius 2 is 0.913 bits per heavy atom. The first-order valence-electron chi connectivity index (χ1n) is 11.0. The summed E-state index contributed by atoms with van der Waals surface area (Å²) >= 11 is 0. The second-order valence-electron chi connectivity index (χ2n) is 8.04. The summed E-state index contributed by atoms with van der Waals surface area (Å²) < 4.78 is 1.33. The molecule has 1 aliphatic heterocycles. The van der Waals surface area contributed by atoms with E-state index in [-0.39, 0.29) is 0 Å². The highest BCUT2D eigenvalue weighted by molar-refractivity contribution is 4.58. The Morgan fingerprint density at radius 3 is 1.22 bits per heavy atom. The highest BCUT2D eigenvalue weighted by Crippen LogP contribution is 2.22.